The summed E-state index contributed by atoms with van der Waals surface area (Å²) in [6.45, 7) is 3.31. The lowest BCUT2D eigenvalue weighted by Gasteiger charge is -2.38. The molecule has 1 aromatic rings. The van der Waals surface area contributed by atoms with Gasteiger partial charge in [-0.1, -0.05) is 24.6 Å². The van der Waals surface area contributed by atoms with Crippen molar-refractivity contribution >= 4 is 23.0 Å². The second kappa shape index (κ2) is 4.96. The van der Waals surface area contributed by atoms with Gasteiger partial charge in [-0.3, -0.25) is 0 Å². The third-order valence-corrected chi connectivity index (χ3v) is 3.71. The molecule has 88 valence electrons. The van der Waals surface area contributed by atoms with Crippen LogP contribution in [0.25, 0.3) is 0 Å². The van der Waals surface area contributed by atoms with Crippen LogP contribution in [0.4, 0.5) is 11.4 Å². The van der Waals surface area contributed by atoms with E-state index in [1.165, 1.54) is 19.3 Å². The lowest BCUT2D eigenvalue weighted by Crippen LogP contribution is -2.39. The van der Waals surface area contributed by atoms with Gasteiger partial charge in [-0.05, 0) is 37.8 Å². The molecule has 2 N–H and O–H groups in total. The topological polar surface area (TPSA) is 29.3 Å². The van der Waals surface area contributed by atoms with Crippen molar-refractivity contribution in [2.24, 2.45) is 0 Å². The summed E-state index contributed by atoms with van der Waals surface area (Å²) in [7, 11) is 0. The average Bonchev–Trinajstić information content (AvgIpc) is 2.29. The van der Waals surface area contributed by atoms with Gasteiger partial charge in [0.2, 0.25) is 0 Å². The van der Waals surface area contributed by atoms with E-state index in [4.69, 9.17) is 17.3 Å². The molecule has 16 heavy (non-hydrogen) atoms. The fourth-order valence-electron chi connectivity index (χ4n) is 2.55. The molecule has 0 amide bonds. The van der Waals surface area contributed by atoms with Crippen LogP contribution in [0, 0.1) is 0 Å². The second-order valence-electron chi connectivity index (χ2n) is 4.43. The summed E-state index contributed by atoms with van der Waals surface area (Å²) < 4.78 is 0. The molecule has 0 aliphatic carbocycles. The molecule has 1 aliphatic rings. The molecule has 1 fully saturated rings. The number of anilines is 2. The molecule has 1 heterocycles. The Morgan fingerprint density at radius 2 is 2.25 bits per heavy atom. The van der Waals surface area contributed by atoms with Crippen LogP contribution in [0.3, 0.4) is 0 Å². The number of piperidine rings is 1. The molecule has 2 nitrogen and oxygen atoms in total. The summed E-state index contributed by atoms with van der Waals surface area (Å²) in [5.74, 6) is 0. The highest BCUT2D eigenvalue weighted by atomic mass is 35.5. The fraction of sp³-hybridized carbons (Fsp3) is 0.538. The van der Waals surface area contributed by atoms with Gasteiger partial charge in [-0.2, -0.15) is 0 Å². The van der Waals surface area contributed by atoms with E-state index in [0.29, 0.717) is 6.04 Å². The number of benzene rings is 1. The number of halogens is 1. The molecular weight excluding hydrogens is 220 g/mol. The van der Waals surface area contributed by atoms with Crippen LogP contribution in [0.2, 0.25) is 5.02 Å². The minimum Gasteiger partial charge on any atom is -0.397 e. The van der Waals surface area contributed by atoms with Crippen molar-refractivity contribution in [3.63, 3.8) is 0 Å². The Bertz CT molecular complexity index is 345. The zero-order valence-electron chi connectivity index (χ0n) is 9.75. The number of nitrogens with two attached hydrogens (primary N) is 1. The van der Waals surface area contributed by atoms with Crippen LogP contribution in [-0.2, 0) is 0 Å². The number of nitrogens with zero attached hydrogens (tertiary/aromatic N) is 1. The van der Waals surface area contributed by atoms with Gasteiger partial charge in [0.05, 0.1) is 16.4 Å². The molecule has 1 aromatic carbocycles. The summed E-state index contributed by atoms with van der Waals surface area (Å²) in [6, 6.07) is 6.36. The van der Waals surface area contributed by atoms with Gasteiger partial charge < -0.3 is 10.6 Å². The van der Waals surface area contributed by atoms with Gasteiger partial charge in [0, 0.05) is 12.6 Å². The normalized spacial score (nSPS) is 21.1. The average molecular weight is 239 g/mol. The minimum atomic E-state index is 0.593. The van der Waals surface area contributed by atoms with Crippen LogP contribution in [0.5, 0.6) is 0 Å². The highest BCUT2D eigenvalue weighted by molar-refractivity contribution is 6.34. The van der Waals surface area contributed by atoms with Gasteiger partial charge in [0.15, 0.2) is 0 Å². The molecule has 0 spiro atoms. The maximum atomic E-state index is 6.26. The number of hydrogen-bond donors (Lipinski definition) is 1. The summed E-state index contributed by atoms with van der Waals surface area (Å²) in [4.78, 5) is 2.39. The molecule has 2 rings (SSSR count). The van der Waals surface area contributed by atoms with Gasteiger partial charge >= 0.3 is 0 Å². The Hall–Kier alpha value is -0.890. The molecule has 1 aliphatic heterocycles. The van der Waals surface area contributed by atoms with Crippen molar-refractivity contribution in [3.8, 4) is 0 Å². The Balaban J connectivity index is 2.34. The monoisotopic (exact) mass is 238 g/mol. The van der Waals surface area contributed by atoms with Crippen molar-refractivity contribution in [2.75, 3.05) is 17.2 Å². The molecule has 1 atom stereocenters. The Kier molecular flexibility index (Phi) is 3.59. The Labute approximate surface area is 102 Å². The molecule has 0 radical (unpaired) electrons. The van der Waals surface area contributed by atoms with Crippen molar-refractivity contribution in [1.29, 1.82) is 0 Å². The SMILES string of the molecule is CC[C@H]1CCCCN1c1c(N)cccc1Cl. The third-order valence-electron chi connectivity index (χ3n) is 3.40. The Morgan fingerprint density at radius 3 is 2.94 bits per heavy atom. The number of rotatable bonds is 2. The van der Waals surface area contributed by atoms with E-state index in [9.17, 15) is 0 Å². The predicted octanol–water partition coefficient (Wildman–Crippen LogP) is 3.69. The summed E-state index contributed by atoms with van der Waals surface area (Å²) in [5.41, 5.74) is 7.88. The third kappa shape index (κ3) is 2.12. The first-order valence-electron chi connectivity index (χ1n) is 6.04. The summed E-state index contributed by atoms with van der Waals surface area (Å²) in [5, 5.41) is 0.778. The zero-order chi connectivity index (χ0) is 11.5. The first kappa shape index (κ1) is 11.6. The molecule has 1 saturated heterocycles. The maximum absolute atomic E-state index is 6.26. The highest BCUT2D eigenvalue weighted by Gasteiger charge is 2.24. The summed E-state index contributed by atoms with van der Waals surface area (Å²) >= 11 is 6.26. The largest absolute Gasteiger partial charge is 0.397 e. The highest BCUT2D eigenvalue weighted by Crippen LogP contribution is 2.36. The van der Waals surface area contributed by atoms with Gasteiger partial charge in [-0.25, -0.2) is 0 Å². The Morgan fingerprint density at radius 1 is 1.44 bits per heavy atom. The van der Waals surface area contributed by atoms with Crippen molar-refractivity contribution in [2.45, 2.75) is 38.6 Å². The molecule has 0 bridgehead atoms. The number of nitrogen functional groups attached to an aromatic ring is 1. The first-order chi connectivity index (χ1) is 7.74. The molecular formula is C13H19ClN2. The fourth-order valence-corrected chi connectivity index (χ4v) is 2.84. The van der Waals surface area contributed by atoms with E-state index in [1.54, 1.807) is 0 Å². The molecule has 0 saturated carbocycles. The number of hydrogen-bond acceptors (Lipinski definition) is 2. The van der Waals surface area contributed by atoms with E-state index in [2.05, 4.69) is 11.8 Å². The molecule has 0 unspecified atom stereocenters. The van der Waals surface area contributed by atoms with E-state index in [0.717, 1.165) is 29.4 Å². The lowest BCUT2D eigenvalue weighted by atomic mass is 9.99. The number of para-hydroxylation sites is 1. The quantitative estimate of drug-likeness (QED) is 0.797. The van der Waals surface area contributed by atoms with Gasteiger partial charge in [0.1, 0.15) is 0 Å². The standard InChI is InChI=1S/C13H19ClN2/c1-2-10-6-3-4-9-16(10)13-11(14)7-5-8-12(13)15/h5,7-8,10H,2-4,6,9,15H2,1H3/t10-/m0/s1. The van der Waals surface area contributed by atoms with E-state index < -0.39 is 0 Å². The van der Waals surface area contributed by atoms with Crippen LogP contribution in [0.15, 0.2) is 18.2 Å². The molecule has 3 heteroatoms. The maximum Gasteiger partial charge on any atom is 0.0791 e. The van der Waals surface area contributed by atoms with Crippen LogP contribution >= 0.6 is 11.6 Å². The van der Waals surface area contributed by atoms with Crippen molar-refractivity contribution in [1.82, 2.24) is 0 Å². The minimum absolute atomic E-state index is 0.593. The molecule has 0 aromatic heterocycles. The predicted molar refractivity (Wildman–Crippen MR) is 71.1 cm³/mol. The van der Waals surface area contributed by atoms with Gasteiger partial charge in [0.25, 0.3) is 0 Å². The zero-order valence-corrected chi connectivity index (χ0v) is 10.5. The smallest absolute Gasteiger partial charge is 0.0791 e. The van der Waals surface area contributed by atoms with Crippen LogP contribution in [-0.4, -0.2) is 12.6 Å². The van der Waals surface area contributed by atoms with E-state index in [1.807, 2.05) is 18.2 Å². The lowest BCUT2D eigenvalue weighted by molar-refractivity contribution is 0.450. The van der Waals surface area contributed by atoms with E-state index >= 15 is 0 Å². The van der Waals surface area contributed by atoms with E-state index in [-0.39, 0.29) is 0 Å². The van der Waals surface area contributed by atoms with Crippen LogP contribution < -0.4 is 10.6 Å². The van der Waals surface area contributed by atoms with Crippen molar-refractivity contribution in [3.05, 3.63) is 23.2 Å². The first-order valence-corrected chi connectivity index (χ1v) is 6.42. The van der Waals surface area contributed by atoms with Crippen molar-refractivity contribution < 1.29 is 0 Å². The summed E-state index contributed by atoms with van der Waals surface area (Å²) in [6.07, 6.45) is 4.96. The second-order valence-corrected chi connectivity index (χ2v) is 4.84. The van der Waals surface area contributed by atoms with Gasteiger partial charge in [-0.15, -0.1) is 0 Å². The van der Waals surface area contributed by atoms with Crippen LogP contribution in [0.1, 0.15) is 32.6 Å².